The number of nitrogens with two attached hydrogens (primary N) is 1. The van der Waals surface area contributed by atoms with Gasteiger partial charge in [-0.25, -0.2) is 0 Å². The van der Waals surface area contributed by atoms with E-state index in [1.54, 1.807) is 12.1 Å². The van der Waals surface area contributed by atoms with E-state index in [0.29, 0.717) is 6.42 Å². The van der Waals surface area contributed by atoms with Crippen molar-refractivity contribution in [1.82, 2.24) is 0 Å². The molecule has 0 saturated carbocycles. The molecule has 0 radical (unpaired) electrons. The summed E-state index contributed by atoms with van der Waals surface area (Å²) in [5.41, 5.74) is 9.77. The molecule has 3 aromatic carbocycles. The number of fused-ring (bicyclic) bond motifs is 1. The molecule has 1 atom stereocenters. The average molecular weight is 334 g/mol. The largest absolute Gasteiger partial charge is 0.508 e. The van der Waals surface area contributed by atoms with Crippen molar-refractivity contribution in [3.63, 3.8) is 0 Å². The molecule has 3 aromatic rings. The normalized spacial score (nSPS) is 12.1. The van der Waals surface area contributed by atoms with Crippen LogP contribution in [0.2, 0.25) is 0 Å². The molecule has 0 aliphatic rings. The fraction of sp³-hybridized carbons (Fsp3) is 0.190. The van der Waals surface area contributed by atoms with Gasteiger partial charge in [0.05, 0.1) is 6.04 Å². The topological polar surface area (TPSA) is 75.3 Å². The quantitative estimate of drug-likeness (QED) is 0.681. The fourth-order valence-electron chi connectivity index (χ4n) is 3.16. The molecule has 0 aliphatic carbocycles. The number of phenols is 1. The van der Waals surface area contributed by atoms with Crippen LogP contribution in [0.4, 0.5) is 5.69 Å². The molecule has 0 fully saturated rings. The highest BCUT2D eigenvalue weighted by Gasteiger charge is 2.17. The minimum absolute atomic E-state index is 0.219. The summed E-state index contributed by atoms with van der Waals surface area (Å²) in [5.74, 6) is 0.00996. The van der Waals surface area contributed by atoms with Crippen molar-refractivity contribution in [2.24, 2.45) is 5.73 Å². The molecule has 25 heavy (non-hydrogen) atoms. The van der Waals surface area contributed by atoms with Gasteiger partial charge in [-0.3, -0.25) is 4.79 Å². The number of benzene rings is 3. The number of nitrogens with one attached hydrogen (secondary N) is 1. The molecule has 1 amide bonds. The zero-order chi connectivity index (χ0) is 18.0. The Labute approximate surface area is 147 Å². The molecule has 4 heteroatoms. The molecule has 0 heterocycles. The number of amides is 1. The second-order valence-electron chi connectivity index (χ2n) is 6.38. The van der Waals surface area contributed by atoms with Crippen molar-refractivity contribution in [3.8, 4) is 5.75 Å². The first-order valence-electron chi connectivity index (χ1n) is 8.29. The van der Waals surface area contributed by atoms with Crippen LogP contribution in [0, 0.1) is 13.8 Å². The Morgan fingerprint density at radius 3 is 2.44 bits per heavy atom. The lowest BCUT2D eigenvalue weighted by molar-refractivity contribution is -0.117. The summed E-state index contributed by atoms with van der Waals surface area (Å²) in [7, 11) is 0. The van der Waals surface area contributed by atoms with Crippen LogP contribution in [0.25, 0.3) is 10.8 Å². The number of rotatable bonds is 4. The zero-order valence-electron chi connectivity index (χ0n) is 14.4. The standard InChI is InChI=1S/C21H22N2O2/c1-13-10-16(24)11-14(2)18(13)12-19(22)21(25)23-20-9-5-7-15-6-3-4-8-17(15)20/h3-11,19,24H,12,22H2,1-2H3,(H,23,25)/t19-/m0/s1. The molecule has 0 unspecified atom stereocenters. The first-order valence-corrected chi connectivity index (χ1v) is 8.29. The summed E-state index contributed by atoms with van der Waals surface area (Å²) < 4.78 is 0. The summed E-state index contributed by atoms with van der Waals surface area (Å²) in [6.45, 7) is 3.83. The third-order valence-electron chi connectivity index (χ3n) is 4.49. The maximum absolute atomic E-state index is 12.6. The van der Waals surface area contributed by atoms with Crippen LogP contribution in [0.1, 0.15) is 16.7 Å². The van der Waals surface area contributed by atoms with Crippen LogP contribution < -0.4 is 11.1 Å². The molecule has 0 aromatic heterocycles. The second kappa shape index (κ2) is 6.95. The predicted octanol–water partition coefficient (Wildman–Crippen LogP) is 3.67. The van der Waals surface area contributed by atoms with Gasteiger partial charge >= 0.3 is 0 Å². The van der Waals surface area contributed by atoms with Gasteiger partial charge in [-0.1, -0.05) is 36.4 Å². The Kier molecular flexibility index (Phi) is 4.72. The Bertz CT molecular complexity index is 906. The van der Waals surface area contributed by atoms with Crippen molar-refractivity contribution in [1.29, 1.82) is 0 Å². The van der Waals surface area contributed by atoms with Crippen molar-refractivity contribution >= 4 is 22.4 Å². The molecule has 3 rings (SSSR count). The van der Waals surface area contributed by atoms with E-state index in [1.807, 2.05) is 56.3 Å². The number of phenolic OH excluding ortho intramolecular Hbond substituents is 1. The smallest absolute Gasteiger partial charge is 0.241 e. The van der Waals surface area contributed by atoms with E-state index in [9.17, 15) is 9.90 Å². The molecule has 128 valence electrons. The van der Waals surface area contributed by atoms with Crippen LogP contribution in [0.15, 0.2) is 54.6 Å². The number of carbonyl (C=O) groups is 1. The molecular weight excluding hydrogens is 312 g/mol. The molecule has 0 bridgehead atoms. The molecule has 0 saturated heterocycles. The van der Waals surface area contributed by atoms with Crippen molar-refractivity contribution in [2.45, 2.75) is 26.3 Å². The van der Waals surface area contributed by atoms with E-state index in [0.717, 1.165) is 33.2 Å². The van der Waals surface area contributed by atoms with Crippen molar-refractivity contribution in [2.75, 3.05) is 5.32 Å². The van der Waals surface area contributed by atoms with Gasteiger partial charge in [-0.2, -0.15) is 0 Å². The minimum Gasteiger partial charge on any atom is -0.508 e. The molecule has 4 N–H and O–H groups in total. The average Bonchev–Trinajstić information content (AvgIpc) is 2.58. The summed E-state index contributed by atoms with van der Waals surface area (Å²) in [5, 5.41) is 14.6. The SMILES string of the molecule is Cc1cc(O)cc(C)c1C[C@H](N)C(=O)Nc1cccc2ccccc12. The van der Waals surface area contributed by atoms with E-state index in [2.05, 4.69) is 5.32 Å². The number of aromatic hydroxyl groups is 1. The van der Waals surface area contributed by atoms with Crippen LogP contribution in [0.3, 0.4) is 0 Å². The fourth-order valence-corrected chi connectivity index (χ4v) is 3.16. The van der Waals surface area contributed by atoms with Gasteiger partial charge < -0.3 is 16.2 Å². The van der Waals surface area contributed by atoms with E-state index in [4.69, 9.17) is 5.73 Å². The van der Waals surface area contributed by atoms with Crippen molar-refractivity contribution in [3.05, 3.63) is 71.3 Å². The lowest BCUT2D eigenvalue weighted by Gasteiger charge is -2.17. The molecule has 0 spiro atoms. The zero-order valence-corrected chi connectivity index (χ0v) is 14.4. The van der Waals surface area contributed by atoms with Gasteiger partial charge in [-0.05, 0) is 60.5 Å². The summed E-state index contributed by atoms with van der Waals surface area (Å²) >= 11 is 0. The van der Waals surface area contributed by atoms with E-state index >= 15 is 0 Å². The lowest BCUT2D eigenvalue weighted by Crippen LogP contribution is -2.37. The first-order chi connectivity index (χ1) is 12.0. The van der Waals surface area contributed by atoms with E-state index in [1.165, 1.54) is 0 Å². The van der Waals surface area contributed by atoms with E-state index < -0.39 is 6.04 Å². The van der Waals surface area contributed by atoms with E-state index in [-0.39, 0.29) is 11.7 Å². The summed E-state index contributed by atoms with van der Waals surface area (Å²) in [4.78, 5) is 12.6. The number of hydrogen-bond acceptors (Lipinski definition) is 3. The van der Waals surface area contributed by atoms with Gasteiger partial charge in [0.15, 0.2) is 0 Å². The van der Waals surface area contributed by atoms with Gasteiger partial charge in [0.25, 0.3) is 0 Å². The number of aryl methyl sites for hydroxylation is 2. The van der Waals surface area contributed by atoms with Gasteiger partial charge in [0.2, 0.25) is 5.91 Å². The Morgan fingerprint density at radius 2 is 1.72 bits per heavy atom. The maximum atomic E-state index is 12.6. The second-order valence-corrected chi connectivity index (χ2v) is 6.38. The number of hydrogen-bond donors (Lipinski definition) is 3. The first kappa shape index (κ1) is 17.0. The van der Waals surface area contributed by atoms with Gasteiger partial charge in [0.1, 0.15) is 5.75 Å². The van der Waals surface area contributed by atoms with Crippen LogP contribution in [0.5, 0.6) is 5.75 Å². The van der Waals surface area contributed by atoms with Crippen LogP contribution >= 0.6 is 0 Å². The van der Waals surface area contributed by atoms with Crippen LogP contribution in [-0.4, -0.2) is 17.1 Å². The summed E-state index contributed by atoms with van der Waals surface area (Å²) in [6.07, 6.45) is 0.425. The molecular formula is C21H22N2O2. The third-order valence-corrected chi connectivity index (χ3v) is 4.49. The Hall–Kier alpha value is -2.85. The Morgan fingerprint density at radius 1 is 1.08 bits per heavy atom. The van der Waals surface area contributed by atoms with Gasteiger partial charge in [-0.15, -0.1) is 0 Å². The van der Waals surface area contributed by atoms with Crippen molar-refractivity contribution < 1.29 is 9.90 Å². The number of carbonyl (C=O) groups excluding carboxylic acids is 1. The predicted molar refractivity (Wildman–Crippen MR) is 102 cm³/mol. The third kappa shape index (κ3) is 3.64. The molecule has 0 aliphatic heterocycles. The van der Waals surface area contributed by atoms with Gasteiger partial charge in [0, 0.05) is 11.1 Å². The monoisotopic (exact) mass is 334 g/mol. The highest BCUT2D eigenvalue weighted by Crippen LogP contribution is 2.24. The lowest BCUT2D eigenvalue weighted by atomic mass is 9.96. The minimum atomic E-state index is -0.666. The number of anilines is 1. The highest BCUT2D eigenvalue weighted by atomic mass is 16.3. The highest BCUT2D eigenvalue weighted by molar-refractivity contribution is 6.03. The maximum Gasteiger partial charge on any atom is 0.241 e. The van der Waals surface area contributed by atoms with Crippen LogP contribution in [-0.2, 0) is 11.2 Å². The summed E-state index contributed by atoms with van der Waals surface area (Å²) in [6, 6.07) is 16.4. The Balaban J connectivity index is 1.79. The molecule has 4 nitrogen and oxygen atoms in total.